The van der Waals surface area contributed by atoms with E-state index in [-0.39, 0.29) is 23.4 Å². The van der Waals surface area contributed by atoms with Gasteiger partial charge in [0.1, 0.15) is 5.82 Å². The molecule has 0 fully saturated rings. The molecule has 2 aromatic carbocycles. The van der Waals surface area contributed by atoms with Crippen LogP contribution in [0.25, 0.3) is 0 Å². The van der Waals surface area contributed by atoms with E-state index in [0.29, 0.717) is 28.0 Å². The van der Waals surface area contributed by atoms with Gasteiger partial charge in [-0.05, 0) is 25.0 Å². The zero-order valence-corrected chi connectivity index (χ0v) is 19.3. The third-order valence-corrected chi connectivity index (χ3v) is 6.32. The molecule has 0 saturated carbocycles. The van der Waals surface area contributed by atoms with Gasteiger partial charge in [0, 0.05) is 23.6 Å². The lowest BCUT2D eigenvalue weighted by atomic mass is 9.82. The number of non-ortho nitro benzene ring substituents is 1. The van der Waals surface area contributed by atoms with Crippen LogP contribution in [0.1, 0.15) is 36.5 Å². The Morgan fingerprint density at radius 2 is 1.88 bits per heavy atom. The van der Waals surface area contributed by atoms with Crippen molar-refractivity contribution in [1.29, 1.82) is 0 Å². The molecule has 1 atom stereocenters. The van der Waals surface area contributed by atoms with Crippen molar-refractivity contribution in [2.75, 3.05) is 11.9 Å². The summed E-state index contributed by atoms with van der Waals surface area (Å²) < 4.78 is 5.25. The number of aromatic amines is 1. The second-order valence-electron chi connectivity index (χ2n) is 7.57. The molecular formula is C24H22N4O5S. The van der Waals surface area contributed by atoms with Gasteiger partial charge < -0.3 is 15.0 Å². The molecule has 1 unspecified atom stereocenters. The van der Waals surface area contributed by atoms with Crippen LogP contribution in [0.15, 0.2) is 75.8 Å². The highest BCUT2D eigenvalue weighted by molar-refractivity contribution is 7.98. The van der Waals surface area contributed by atoms with Gasteiger partial charge in [-0.1, -0.05) is 54.2 Å². The first-order valence-corrected chi connectivity index (χ1v) is 11.6. The lowest BCUT2D eigenvalue weighted by Crippen LogP contribution is -2.31. The van der Waals surface area contributed by atoms with E-state index in [2.05, 4.69) is 15.3 Å². The number of benzene rings is 2. The van der Waals surface area contributed by atoms with E-state index >= 15 is 0 Å². The van der Waals surface area contributed by atoms with Crippen molar-refractivity contribution in [2.45, 2.75) is 30.7 Å². The zero-order chi connectivity index (χ0) is 24.2. The molecule has 2 heterocycles. The van der Waals surface area contributed by atoms with Gasteiger partial charge in [0.2, 0.25) is 0 Å². The number of hydrogen-bond acceptors (Lipinski definition) is 8. The minimum atomic E-state index is -0.791. The van der Waals surface area contributed by atoms with Crippen molar-refractivity contribution in [3.63, 3.8) is 0 Å². The number of rotatable bonds is 7. The van der Waals surface area contributed by atoms with Gasteiger partial charge in [-0.15, -0.1) is 0 Å². The number of fused-ring (bicyclic) bond motifs is 1. The van der Waals surface area contributed by atoms with Crippen molar-refractivity contribution in [2.24, 2.45) is 0 Å². The van der Waals surface area contributed by atoms with Crippen LogP contribution in [-0.2, 0) is 15.3 Å². The van der Waals surface area contributed by atoms with Crippen LogP contribution < -0.4 is 10.9 Å². The average molecular weight is 479 g/mol. The minimum absolute atomic E-state index is 0.0870. The molecule has 4 rings (SSSR count). The molecule has 1 aliphatic heterocycles. The van der Waals surface area contributed by atoms with E-state index in [0.717, 1.165) is 5.56 Å². The van der Waals surface area contributed by atoms with Crippen molar-refractivity contribution < 1.29 is 14.5 Å². The Kier molecular flexibility index (Phi) is 6.78. The largest absolute Gasteiger partial charge is 0.463 e. The number of nitro groups is 1. The molecule has 0 radical (unpaired) electrons. The Morgan fingerprint density at radius 1 is 1.18 bits per heavy atom. The molecule has 3 aromatic rings. The van der Waals surface area contributed by atoms with Crippen molar-refractivity contribution in [3.05, 3.63) is 103 Å². The second-order valence-corrected chi connectivity index (χ2v) is 8.54. The van der Waals surface area contributed by atoms with Gasteiger partial charge >= 0.3 is 5.97 Å². The lowest BCUT2D eigenvalue weighted by Gasteiger charge is -2.28. The van der Waals surface area contributed by atoms with Crippen LogP contribution in [0.4, 0.5) is 11.5 Å². The van der Waals surface area contributed by atoms with E-state index in [1.54, 1.807) is 26.0 Å². The number of nitrogens with one attached hydrogen (secondary N) is 2. The van der Waals surface area contributed by atoms with Gasteiger partial charge in [0.25, 0.3) is 11.2 Å². The summed E-state index contributed by atoms with van der Waals surface area (Å²) in [6.45, 7) is 3.58. The predicted octanol–water partition coefficient (Wildman–Crippen LogP) is 4.36. The number of ether oxygens (including phenoxy) is 1. The lowest BCUT2D eigenvalue weighted by molar-refractivity contribution is -0.384. The normalized spacial score (nSPS) is 14.8. The quantitative estimate of drug-likeness (QED) is 0.169. The third kappa shape index (κ3) is 4.72. The zero-order valence-electron chi connectivity index (χ0n) is 18.5. The van der Waals surface area contributed by atoms with Crippen LogP contribution in [0.5, 0.6) is 0 Å². The fraction of sp³-hybridized carbons (Fsp3) is 0.208. The Bertz CT molecular complexity index is 1320. The van der Waals surface area contributed by atoms with Crippen LogP contribution >= 0.6 is 11.8 Å². The van der Waals surface area contributed by atoms with Gasteiger partial charge in [0.15, 0.2) is 5.16 Å². The second kappa shape index (κ2) is 9.92. The van der Waals surface area contributed by atoms with Crippen molar-refractivity contribution >= 4 is 29.2 Å². The van der Waals surface area contributed by atoms with E-state index < -0.39 is 22.4 Å². The van der Waals surface area contributed by atoms with Gasteiger partial charge in [0.05, 0.1) is 28.6 Å². The SMILES string of the molecule is CCOC(=O)C1=C(C)Nc2nc(SCc3ccccc3)[nH]c(=O)c2C1c1ccc([N+](=O)[O-])cc1. The first-order valence-electron chi connectivity index (χ1n) is 10.6. The minimum Gasteiger partial charge on any atom is -0.463 e. The molecule has 174 valence electrons. The van der Waals surface area contributed by atoms with Gasteiger partial charge in [-0.25, -0.2) is 9.78 Å². The van der Waals surface area contributed by atoms with E-state index in [4.69, 9.17) is 4.74 Å². The third-order valence-electron chi connectivity index (χ3n) is 5.37. The summed E-state index contributed by atoms with van der Waals surface area (Å²) in [7, 11) is 0. The molecular weight excluding hydrogens is 456 g/mol. The van der Waals surface area contributed by atoms with Crippen molar-refractivity contribution in [1.82, 2.24) is 9.97 Å². The molecule has 2 N–H and O–H groups in total. The molecule has 9 nitrogen and oxygen atoms in total. The fourth-order valence-electron chi connectivity index (χ4n) is 3.83. The Labute approximate surface area is 199 Å². The number of carbonyl (C=O) groups is 1. The fourth-order valence-corrected chi connectivity index (χ4v) is 4.64. The van der Waals surface area contributed by atoms with Crippen LogP contribution in [0, 0.1) is 10.1 Å². The number of aromatic nitrogens is 2. The Morgan fingerprint density at radius 3 is 2.53 bits per heavy atom. The smallest absolute Gasteiger partial charge is 0.336 e. The summed E-state index contributed by atoms with van der Waals surface area (Å²) in [6.07, 6.45) is 0. The maximum Gasteiger partial charge on any atom is 0.336 e. The molecule has 0 amide bonds. The molecule has 0 aliphatic carbocycles. The Hall–Kier alpha value is -3.92. The Balaban J connectivity index is 1.77. The first-order chi connectivity index (χ1) is 16.4. The van der Waals surface area contributed by atoms with Crippen molar-refractivity contribution in [3.8, 4) is 0 Å². The van der Waals surface area contributed by atoms with Crippen LogP contribution in [-0.4, -0.2) is 27.5 Å². The van der Waals surface area contributed by atoms with E-state index in [1.165, 1.54) is 23.9 Å². The summed E-state index contributed by atoms with van der Waals surface area (Å²) in [5, 5.41) is 14.6. The standard InChI is InChI=1S/C24H22N4O5S/c1-3-33-23(30)18-14(2)25-21-20(19(18)16-9-11-17(12-10-16)28(31)32)22(29)27-24(26-21)34-13-15-7-5-4-6-8-15/h4-12,19H,3,13H2,1-2H3,(H2,25,26,27,29). The predicted molar refractivity (Wildman–Crippen MR) is 129 cm³/mol. The van der Waals surface area contributed by atoms with Gasteiger partial charge in [-0.2, -0.15) is 0 Å². The number of thioether (sulfide) groups is 1. The number of anilines is 1. The summed E-state index contributed by atoms with van der Waals surface area (Å²) in [4.78, 5) is 44.1. The highest BCUT2D eigenvalue weighted by atomic mass is 32.2. The molecule has 34 heavy (non-hydrogen) atoms. The number of nitro benzene ring substituents is 1. The molecule has 0 saturated heterocycles. The number of carbonyl (C=O) groups excluding carboxylic acids is 1. The number of H-pyrrole nitrogens is 1. The summed E-state index contributed by atoms with van der Waals surface area (Å²) >= 11 is 1.39. The van der Waals surface area contributed by atoms with E-state index in [1.807, 2.05) is 30.3 Å². The highest BCUT2D eigenvalue weighted by Gasteiger charge is 2.36. The monoisotopic (exact) mass is 478 g/mol. The highest BCUT2D eigenvalue weighted by Crippen LogP contribution is 2.40. The summed E-state index contributed by atoms with van der Waals surface area (Å²) in [5.41, 5.74) is 2.18. The van der Waals surface area contributed by atoms with Crippen LogP contribution in [0.2, 0.25) is 0 Å². The molecule has 0 bridgehead atoms. The number of esters is 1. The van der Waals surface area contributed by atoms with Gasteiger partial charge in [-0.3, -0.25) is 14.9 Å². The van der Waals surface area contributed by atoms with E-state index in [9.17, 15) is 19.7 Å². The topological polar surface area (TPSA) is 127 Å². The number of hydrogen-bond donors (Lipinski definition) is 2. The van der Waals surface area contributed by atoms with Crippen LogP contribution in [0.3, 0.4) is 0 Å². The number of allylic oxidation sites excluding steroid dienone is 1. The molecule has 10 heteroatoms. The molecule has 0 spiro atoms. The molecule has 1 aromatic heterocycles. The summed E-state index contributed by atoms with van der Waals surface area (Å²) in [6, 6.07) is 15.6. The average Bonchev–Trinajstić information content (AvgIpc) is 2.82. The number of nitrogens with zero attached hydrogens (tertiary/aromatic N) is 2. The maximum absolute atomic E-state index is 13.3. The maximum atomic E-state index is 13.3. The summed E-state index contributed by atoms with van der Waals surface area (Å²) in [5.74, 6) is -0.394. The first kappa shape index (κ1) is 23.2. The molecule has 1 aliphatic rings.